The van der Waals surface area contributed by atoms with Crippen LogP contribution in [-0.4, -0.2) is 61.5 Å². The fourth-order valence-corrected chi connectivity index (χ4v) is 24.2. The first kappa shape index (κ1) is 67.3. The summed E-state index contributed by atoms with van der Waals surface area (Å²) in [5.41, 5.74) is 0. The van der Waals surface area contributed by atoms with E-state index in [0.717, 1.165) is 0 Å². The van der Waals surface area contributed by atoms with E-state index in [1.54, 1.807) is 7.11 Å². The van der Waals surface area contributed by atoms with Gasteiger partial charge in [0.1, 0.15) is 0 Å². The van der Waals surface area contributed by atoms with Gasteiger partial charge in [0, 0.05) is 0 Å². The Morgan fingerprint density at radius 1 is 0.468 bits per heavy atom. The standard InChI is InChI=1S/C58H68O5Si3.5CO.Cr/c1-56(2,3)64(47-31-17-11-18-32-47,48-33-19-12-20-34-48)60-45-54-55(63-66(58(7,8)9,51-39-25-15-26-40-51)52-41-27-16-28-42-52)53(44-46(61-54)30-29-43-59-10)62-65(57(4,5)6,49-35-21-13-22-36-49)50-37-23-14-24-38-50;5*1-2;/h11-42,44,53-55H,45H2,1-10H3;;;;;;/b30-29+;;;;;;/t53-,54-,55+;;;;;;/m1....../s1. The Hall–Kier alpha value is -5.81. The molecule has 6 aromatic carbocycles. The first-order chi connectivity index (χ1) is 37.0. The first-order valence-corrected chi connectivity index (χ1v) is 30.8. The van der Waals surface area contributed by atoms with Gasteiger partial charge in [-0.15, -0.1) is 0 Å². The predicted octanol–water partition coefficient (Wildman–Crippen LogP) is 9.43. The molecule has 0 spiro atoms. The van der Waals surface area contributed by atoms with Crippen molar-refractivity contribution in [3.05, 3.63) is 239 Å². The van der Waals surface area contributed by atoms with Gasteiger partial charge in [0.25, 0.3) is 0 Å². The molecule has 0 saturated carbocycles. The molecule has 6 aromatic rings. The summed E-state index contributed by atoms with van der Waals surface area (Å²) in [4.78, 5) is 0. The third kappa shape index (κ3) is 15.7. The minimum absolute atomic E-state index is 0.237. The first-order valence-electron chi connectivity index (χ1n) is 24.5. The molecule has 3 atom stereocenters. The van der Waals surface area contributed by atoms with E-state index in [9.17, 15) is 0 Å². The van der Waals surface area contributed by atoms with Crippen molar-refractivity contribution in [3.63, 3.8) is 0 Å². The Balaban J connectivity index is 0.00000192. The fourth-order valence-electron chi connectivity index (χ4n) is 10.2. The number of methoxy groups -OCH3 is 1. The van der Waals surface area contributed by atoms with Gasteiger partial charge in [0.2, 0.25) is 0 Å². The van der Waals surface area contributed by atoms with Crippen LogP contribution in [0.1, 0.15) is 62.3 Å². The van der Waals surface area contributed by atoms with Gasteiger partial charge >= 0.3 is 447 Å². The summed E-state index contributed by atoms with van der Waals surface area (Å²) in [6, 6.07) is 65.2. The number of hydrogen-bond acceptors (Lipinski definition) is 5. The zero-order valence-corrected chi connectivity index (χ0v) is 49.8. The third-order valence-corrected chi connectivity index (χ3v) is 28.8. The van der Waals surface area contributed by atoms with E-state index < -0.39 is 43.3 Å². The van der Waals surface area contributed by atoms with Crippen molar-refractivity contribution >= 4 is 60.6 Å². The van der Waals surface area contributed by atoms with Crippen molar-refractivity contribution in [2.24, 2.45) is 0 Å². The van der Waals surface area contributed by atoms with Crippen LogP contribution >= 0.6 is 0 Å². The molecule has 398 valence electrons. The van der Waals surface area contributed by atoms with Gasteiger partial charge < -0.3 is 0 Å². The van der Waals surface area contributed by atoms with Gasteiger partial charge in [-0.1, -0.05) is 24.3 Å². The van der Waals surface area contributed by atoms with E-state index >= 15 is 0 Å². The Morgan fingerprint density at radius 2 is 0.740 bits per heavy atom. The molecule has 77 heavy (non-hydrogen) atoms. The average Bonchev–Trinajstić information content (AvgIpc) is 3.50. The summed E-state index contributed by atoms with van der Waals surface area (Å²) in [5, 5.41) is 6.20. The van der Waals surface area contributed by atoms with Gasteiger partial charge in [-0.3, -0.25) is 0 Å². The molecule has 0 amide bonds. The number of benzene rings is 6. The molecule has 7 rings (SSSR count). The van der Waals surface area contributed by atoms with Crippen molar-refractivity contribution in [3.8, 4) is 0 Å². The van der Waals surface area contributed by atoms with Crippen molar-refractivity contribution in [1.29, 1.82) is 0 Å². The van der Waals surface area contributed by atoms with E-state index in [-0.39, 0.29) is 21.7 Å². The SMILES string of the molecule is CO[C](=[Cr])/C=C/C1=C[C@@H](O[Si](c2ccccc2)(c2ccccc2)C(C)(C)C)[C@H](O[Si](c2ccccc2)(c2ccccc2)C(C)(C)C)[C@@H](CO[Si](c2ccccc2)(c2ccccc2)C(C)(C)C)O1.[C-]#[O+].[C-]#[O+].[C-]#[O+].[C-]#[O+].[C-]#[O+]. The molecule has 0 N–H and O–H groups in total. The van der Waals surface area contributed by atoms with Crippen LogP contribution in [0.2, 0.25) is 15.1 Å². The Morgan fingerprint density at radius 3 is 1.01 bits per heavy atom. The predicted molar refractivity (Wildman–Crippen MR) is 302 cm³/mol. The maximum atomic E-state index is 8.37. The van der Waals surface area contributed by atoms with Crippen LogP contribution in [0.4, 0.5) is 0 Å². The number of rotatable bonds is 16. The van der Waals surface area contributed by atoms with Gasteiger partial charge in [-0.05, 0) is 0 Å². The summed E-state index contributed by atoms with van der Waals surface area (Å²) in [6.45, 7) is 43.7. The number of ether oxygens (including phenoxy) is 2. The molecular weight excluding hydrogens is 1050 g/mol. The molecule has 1 heterocycles. The minimum atomic E-state index is -3.27. The molecule has 0 bridgehead atoms. The Bertz CT molecular complexity index is 2680. The molecule has 0 aliphatic carbocycles. The van der Waals surface area contributed by atoms with E-state index in [1.807, 2.05) is 12.2 Å². The monoisotopic (exact) mass is 1120 g/mol. The second-order valence-electron chi connectivity index (χ2n) is 20.5. The van der Waals surface area contributed by atoms with Gasteiger partial charge in [-0.2, -0.15) is 0 Å². The van der Waals surface area contributed by atoms with Crippen LogP contribution in [-0.2, 0) is 61.9 Å². The normalized spacial score (nSPS) is 15.3. The quantitative estimate of drug-likeness (QED) is 0.0539. The van der Waals surface area contributed by atoms with Crippen LogP contribution < -0.4 is 31.1 Å². The van der Waals surface area contributed by atoms with Crippen molar-refractivity contribution in [1.82, 2.24) is 0 Å². The van der Waals surface area contributed by atoms with Gasteiger partial charge in [0.05, 0.1) is 0 Å². The van der Waals surface area contributed by atoms with E-state index in [4.69, 9.17) is 46.0 Å². The van der Waals surface area contributed by atoms with Crippen LogP contribution in [0.15, 0.2) is 206 Å². The summed E-state index contributed by atoms with van der Waals surface area (Å²) in [6.07, 6.45) is 4.19. The van der Waals surface area contributed by atoms with Crippen LogP contribution in [0.3, 0.4) is 0 Å². The molecule has 1 aliphatic rings. The van der Waals surface area contributed by atoms with E-state index in [2.05, 4.69) is 299 Å². The Kier molecular flexibility index (Phi) is 28.1. The zero-order chi connectivity index (χ0) is 57.9. The molecule has 10 nitrogen and oxygen atoms in total. The average molecular weight is 1120 g/mol. The van der Waals surface area contributed by atoms with Crippen molar-refractivity contribution in [2.45, 2.75) is 95.7 Å². The zero-order valence-electron chi connectivity index (χ0n) is 45.5. The molecule has 0 unspecified atom stereocenters. The number of hydrogen-bond donors (Lipinski definition) is 0. The molecule has 0 aromatic heterocycles. The number of allylic oxidation sites excluding steroid dienone is 1. The summed E-state index contributed by atoms with van der Waals surface area (Å²) in [5.74, 6) is 0.658. The van der Waals surface area contributed by atoms with Crippen molar-refractivity contribution in [2.75, 3.05) is 13.7 Å². The molecule has 1 aliphatic heterocycles. The molecule has 14 heteroatoms. The van der Waals surface area contributed by atoms with Gasteiger partial charge in [0.15, 0.2) is 0 Å². The van der Waals surface area contributed by atoms with Gasteiger partial charge in [-0.25, -0.2) is 0 Å². The second-order valence-corrected chi connectivity index (χ2v) is 34.0. The third-order valence-electron chi connectivity index (χ3n) is 13.2. The van der Waals surface area contributed by atoms with Crippen LogP contribution in [0, 0.1) is 33.3 Å². The summed E-state index contributed by atoms with van der Waals surface area (Å²) < 4.78 is 75.6. The maximum absolute atomic E-state index is 8.37. The molecule has 0 radical (unpaired) electrons. The Labute approximate surface area is 468 Å². The fraction of sp³-hybridized carbons (Fsp3) is 0.270. The van der Waals surface area contributed by atoms with E-state index in [0.29, 0.717) is 10.3 Å². The summed E-state index contributed by atoms with van der Waals surface area (Å²) >= 11 is 3.04. The summed E-state index contributed by atoms with van der Waals surface area (Å²) in [7, 11) is -7.90. The second kappa shape index (κ2) is 32.2. The van der Waals surface area contributed by atoms with Crippen LogP contribution in [0.5, 0.6) is 0 Å². The molecule has 0 saturated heterocycles. The van der Waals surface area contributed by atoms with Crippen molar-refractivity contribution < 1.29 is 61.9 Å². The topological polar surface area (TPSA) is 146 Å². The molecular formula is C63H68CrO10Si3. The van der Waals surface area contributed by atoms with E-state index in [1.165, 1.54) is 31.1 Å². The van der Waals surface area contributed by atoms with Crippen LogP contribution in [0.25, 0.3) is 0 Å². The molecule has 0 fully saturated rings.